The van der Waals surface area contributed by atoms with Gasteiger partial charge in [-0.1, -0.05) is 19.3 Å². The van der Waals surface area contributed by atoms with Crippen molar-refractivity contribution < 1.29 is 18.7 Å². The number of hydrogen-bond donors (Lipinski definition) is 1. The minimum absolute atomic E-state index is 0.0145. The molecule has 11 heteroatoms. The molecule has 2 unspecified atom stereocenters. The Labute approximate surface area is 212 Å². The first-order valence-corrected chi connectivity index (χ1v) is 12.9. The number of nitrogens with zero attached hydrogens (tertiary/aromatic N) is 5. The number of carbonyl (C=O) groups excluding carboxylic acids is 2. The summed E-state index contributed by atoms with van der Waals surface area (Å²) in [5.41, 5.74) is 0.770. The zero-order valence-corrected chi connectivity index (χ0v) is 20.4. The molecule has 3 aromatic heterocycles. The van der Waals surface area contributed by atoms with Gasteiger partial charge in [0.25, 0.3) is 11.5 Å². The zero-order valence-electron chi connectivity index (χ0n) is 20.4. The number of carbonyl (C=O) groups is 2. The van der Waals surface area contributed by atoms with Crippen LogP contribution < -0.4 is 10.9 Å². The largest absolute Gasteiger partial charge is 0.381 e. The molecule has 0 aromatic carbocycles. The molecule has 2 saturated heterocycles. The summed E-state index contributed by atoms with van der Waals surface area (Å²) in [6.07, 6.45) is 7.90. The number of likely N-dealkylation sites (tertiary alicyclic amines) is 1. The second-order valence-electron chi connectivity index (χ2n) is 10.3. The number of nitrogens with one attached hydrogen (secondary N) is 1. The molecule has 2 atom stereocenters. The minimum atomic E-state index is -0.504. The summed E-state index contributed by atoms with van der Waals surface area (Å²) < 4.78 is 21.6. The van der Waals surface area contributed by atoms with Crippen molar-refractivity contribution in [1.29, 1.82) is 0 Å². The SMILES string of the molecule is O=C(Cn1cc(C(=O)N2CC3COCC3C2)c(=O)n2nc(C3CCCCC3)cc12)Nc1ccc(F)cn1. The molecule has 3 aromatic rings. The van der Waals surface area contributed by atoms with Crippen LogP contribution in [0, 0.1) is 17.7 Å². The monoisotopic (exact) mass is 508 g/mol. The molecule has 194 valence electrons. The Bertz CT molecular complexity index is 1380. The van der Waals surface area contributed by atoms with E-state index in [4.69, 9.17) is 4.74 Å². The van der Waals surface area contributed by atoms with E-state index >= 15 is 0 Å². The number of fused-ring (bicyclic) bond motifs is 2. The van der Waals surface area contributed by atoms with Crippen LogP contribution in [0.5, 0.6) is 0 Å². The van der Waals surface area contributed by atoms with Crippen LogP contribution in [0.4, 0.5) is 10.2 Å². The predicted molar refractivity (Wildman–Crippen MR) is 132 cm³/mol. The standard InChI is InChI=1S/C26H29FN6O4/c27-19-6-7-22(28-9-19)29-23(34)13-31-12-20(25(35)32-10-17-14-37-15-18(17)11-32)26(36)33-24(31)8-21(30-33)16-4-2-1-3-5-16/h6-9,12,16-18H,1-5,10-11,13-15H2,(H,28,29,34). The van der Waals surface area contributed by atoms with E-state index in [1.54, 1.807) is 9.47 Å². The van der Waals surface area contributed by atoms with E-state index in [-0.39, 0.29) is 41.6 Å². The van der Waals surface area contributed by atoms with Crippen molar-refractivity contribution in [1.82, 2.24) is 24.1 Å². The molecule has 0 bridgehead atoms. The predicted octanol–water partition coefficient (Wildman–Crippen LogP) is 2.43. The van der Waals surface area contributed by atoms with Gasteiger partial charge in [0.15, 0.2) is 0 Å². The number of amides is 2. The molecule has 3 fully saturated rings. The first-order chi connectivity index (χ1) is 18.0. The highest BCUT2D eigenvalue weighted by Gasteiger charge is 2.40. The fraction of sp³-hybridized carbons (Fsp3) is 0.500. The van der Waals surface area contributed by atoms with Crippen molar-refractivity contribution in [3.8, 4) is 0 Å². The van der Waals surface area contributed by atoms with Gasteiger partial charge in [0.05, 0.1) is 25.1 Å². The fourth-order valence-electron chi connectivity index (χ4n) is 5.82. The Morgan fingerprint density at radius 1 is 1.11 bits per heavy atom. The molecule has 0 spiro atoms. The second kappa shape index (κ2) is 9.70. The van der Waals surface area contributed by atoms with Crippen molar-refractivity contribution in [2.75, 3.05) is 31.6 Å². The molecule has 2 amide bonds. The van der Waals surface area contributed by atoms with Crippen molar-refractivity contribution >= 4 is 23.3 Å². The van der Waals surface area contributed by atoms with Crippen molar-refractivity contribution in [3.05, 3.63) is 58.0 Å². The van der Waals surface area contributed by atoms with Crippen LogP contribution >= 0.6 is 0 Å². The maximum atomic E-state index is 13.5. The first kappa shape index (κ1) is 23.8. The van der Waals surface area contributed by atoms with Gasteiger partial charge < -0.3 is 19.5 Å². The highest BCUT2D eigenvalue weighted by Crippen LogP contribution is 2.32. The third kappa shape index (κ3) is 4.63. The van der Waals surface area contributed by atoms with E-state index in [0.29, 0.717) is 32.0 Å². The van der Waals surface area contributed by atoms with Gasteiger partial charge in [0.1, 0.15) is 29.4 Å². The molecule has 6 rings (SSSR count). The molecule has 10 nitrogen and oxygen atoms in total. The molecular formula is C26H29FN6O4. The average Bonchev–Trinajstić information content (AvgIpc) is 3.63. The van der Waals surface area contributed by atoms with Crippen LogP contribution in [-0.2, 0) is 16.1 Å². The van der Waals surface area contributed by atoms with Gasteiger partial charge in [-0.25, -0.2) is 9.37 Å². The van der Waals surface area contributed by atoms with Crippen LogP contribution in [0.15, 0.2) is 35.4 Å². The van der Waals surface area contributed by atoms with Gasteiger partial charge in [-0.15, -0.1) is 0 Å². The molecule has 0 radical (unpaired) electrons. The van der Waals surface area contributed by atoms with E-state index in [1.165, 1.54) is 29.3 Å². The van der Waals surface area contributed by atoms with E-state index < -0.39 is 17.3 Å². The number of rotatable bonds is 5. The summed E-state index contributed by atoms with van der Waals surface area (Å²) in [7, 11) is 0. The Morgan fingerprint density at radius 2 is 1.86 bits per heavy atom. The Hall–Kier alpha value is -3.60. The minimum Gasteiger partial charge on any atom is -0.381 e. The van der Waals surface area contributed by atoms with Crippen LogP contribution in [0.1, 0.15) is 54.1 Å². The van der Waals surface area contributed by atoms with Gasteiger partial charge in [-0.2, -0.15) is 9.61 Å². The molecule has 3 aliphatic rings. The van der Waals surface area contributed by atoms with Gasteiger partial charge in [0.2, 0.25) is 5.91 Å². The van der Waals surface area contributed by atoms with Crippen LogP contribution in [-0.4, -0.2) is 62.2 Å². The van der Waals surface area contributed by atoms with Gasteiger partial charge >= 0.3 is 0 Å². The molecule has 1 saturated carbocycles. The normalized spacial score (nSPS) is 21.9. The van der Waals surface area contributed by atoms with Gasteiger partial charge in [-0.3, -0.25) is 14.4 Å². The quantitative estimate of drug-likeness (QED) is 0.567. The lowest BCUT2D eigenvalue weighted by atomic mass is 9.87. The molecule has 2 aliphatic heterocycles. The first-order valence-electron chi connectivity index (χ1n) is 12.9. The number of pyridine rings is 1. The van der Waals surface area contributed by atoms with Gasteiger partial charge in [-0.05, 0) is 25.0 Å². The van der Waals surface area contributed by atoms with E-state index in [0.717, 1.165) is 37.6 Å². The molecule has 1 aliphatic carbocycles. The third-order valence-electron chi connectivity index (χ3n) is 7.80. The summed E-state index contributed by atoms with van der Waals surface area (Å²) in [6, 6.07) is 4.44. The number of hydrogen-bond acceptors (Lipinski definition) is 6. The number of halogens is 1. The maximum absolute atomic E-state index is 13.5. The molecule has 37 heavy (non-hydrogen) atoms. The fourth-order valence-corrected chi connectivity index (χ4v) is 5.82. The summed E-state index contributed by atoms with van der Waals surface area (Å²) in [4.78, 5) is 45.5. The Morgan fingerprint density at radius 3 is 2.57 bits per heavy atom. The number of anilines is 1. The van der Waals surface area contributed by atoms with Crippen molar-refractivity contribution in [3.63, 3.8) is 0 Å². The van der Waals surface area contributed by atoms with Crippen LogP contribution in [0.25, 0.3) is 5.65 Å². The van der Waals surface area contributed by atoms with Crippen molar-refractivity contribution in [2.24, 2.45) is 11.8 Å². The smallest absolute Gasteiger partial charge is 0.287 e. The summed E-state index contributed by atoms with van der Waals surface area (Å²) in [5.74, 6) is -0.257. The van der Waals surface area contributed by atoms with E-state index in [2.05, 4.69) is 15.4 Å². The molecule has 1 N–H and O–H groups in total. The highest BCUT2D eigenvalue weighted by atomic mass is 19.1. The summed E-state index contributed by atoms with van der Waals surface area (Å²) in [6.45, 7) is 2.17. The lowest BCUT2D eigenvalue weighted by Gasteiger charge is -2.18. The molecule has 5 heterocycles. The Kier molecular flexibility index (Phi) is 6.23. The maximum Gasteiger partial charge on any atom is 0.287 e. The Balaban J connectivity index is 1.34. The van der Waals surface area contributed by atoms with Crippen molar-refractivity contribution in [2.45, 2.75) is 44.6 Å². The third-order valence-corrected chi connectivity index (χ3v) is 7.80. The molecular weight excluding hydrogens is 479 g/mol. The highest BCUT2D eigenvalue weighted by molar-refractivity contribution is 5.94. The summed E-state index contributed by atoms with van der Waals surface area (Å²) >= 11 is 0. The number of aromatic nitrogens is 4. The van der Waals surface area contributed by atoms with E-state index in [1.807, 2.05) is 6.07 Å². The zero-order chi connectivity index (χ0) is 25.5. The second-order valence-corrected chi connectivity index (χ2v) is 10.3. The van der Waals surface area contributed by atoms with E-state index in [9.17, 15) is 18.8 Å². The average molecular weight is 509 g/mol. The van der Waals surface area contributed by atoms with Crippen LogP contribution in [0.2, 0.25) is 0 Å². The number of ether oxygens (including phenoxy) is 1. The summed E-state index contributed by atoms with van der Waals surface area (Å²) in [5, 5.41) is 7.27. The van der Waals surface area contributed by atoms with Crippen LogP contribution in [0.3, 0.4) is 0 Å². The van der Waals surface area contributed by atoms with Gasteiger partial charge in [0, 0.05) is 43.1 Å². The lowest BCUT2D eigenvalue weighted by Crippen LogP contribution is -2.37. The lowest BCUT2D eigenvalue weighted by molar-refractivity contribution is -0.116. The topological polar surface area (TPSA) is 111 Å².